The van der Waals surface area contributed by atoms with E-state index >= 15 is 0 Å². The first-order valence-corrected chi connectivity index (χ1v) is 15.3. The van der Waals surface area contributed by atoms with Gasteiger partial charge in [0.2, 0.25) is 0 Å². The molecule has 1 aromatic carbocycles. The second-order valence-corrected chi connectivity index (χ2v) is 17.9. The van der Waals surface area contributed by atoms with E-state index in [1.165, 1.54) is 16.3 Å². The smallest absolute Gasteiger partial charge is 0.122 e. The van der Waals surface area contributed by atoms with Crippen molar-refractivity contribution in [2.75, 3.05) is 6.61 Å². The number of rotatable bonds is 6. The van der Waals surface area contributed by atoms with E-state index in [-0.39, 0.29) is 0 Å². The summed E-state index contributed by atoms with van der Waals surface area (Å²) in [6.45, 7) is 21.1. The maximum absolute atomic E-state index is 6.12. The van der Waals surface area contributed by atoms with E-state index in [0.717, 1.165) is 12.2 Å². The van der Waals surface area contributed by atoms with Crippen LogP contribution in [0.5, 0.6) is 5.75 Å². The first-order chi connectivity index (χ1) is 11.1. The molecule has 0 aromatic heterocycles. The molecule has 0 spiro atoms. The molecule has 0 saturated carbocycles. The van der Waals surface area contributed by atoms with Crippen molar-refractivity contribution >= 4 is 21.3 Å². The molecule has 3 heteroatoms. The van der Waals surface area contributed by atoms with Gasteiger partial charge in [0.05, 0.1) is 8.07 Å². The summed E-state index contributed by atoms with van der Waals surface area (Å²) in [5.41, 5.74) is 2.57. The monoisotopic (exact) mass is 356 g/mol. The van der Waals surface area contributed by atoms with E-state index in [4.69, 9.17) is 4.74 Å². The molecule has 1 aliphatic rings. The summed E-state index contributed by atoms with van der Waals surface area (Å²) < 4.78 is 6.12. The molecule has 0 N–H and O–H groups in total. The van der Waals surface area contributed by atoms with Gasteiger partial charge >= 0.3 is 0 Å². The average Bonchev–Trinajstić information content (AvgIpc) is 2.96. The highest BCUT2D eigenvalue weighted by Crippen LogP contribution is 2.35. The van der Waals surface area contributed by atoms with Crippen molar-refractivity contribution in [3.63, 3.8) is 0 Å². The lowest BCUT2D eigenvalue weighted by molar-refractivity contribution is 0.363. The molecule has 1 aromatic rings. The first-order valence-electron chi connectivity index (χ1n) is 8.85. The minimum atomic E-state index is -1.78. The Bertz CT molecular complexity index is 703. The summed E-state index contributed by atoms with van der Waals surface area (Å²) >= 11 is 0. The fraction of sp³-hybridized carbons (Fsp3) is 0.429. The molecule has 0 unspecified atom stereocenters. The molecule has 0 atom stereocenters. The molecular formula is C21H32OSi2. The standard InChI is InChI=1S/C21H32OSi2/c1-9-13-22-21-17(3)14-16(2)15-20(21)24(7,8)19-12-10-11-18(19)23(4,5)6/h9-11,14-15H,1,12-13H2,2-8H3. The Hall–Kier alpha value is -1.33. The lowest BCUT2D eigenvalue weighted by Gasteiger charge is -2.32. The second-order valence-electron chi connectivity index (χ2n) is 8.43. The molecule has 0 saturated heterocycles. The van der Waals surface area contributed by atoms with Gasteiger partial charge in [0.15, 0.2) is 0 Å². The van der Waals surface area contributed by atoms with Crippen LogP contribution in [0.1, 0.15) is 17.5 Å². The zero-order chi connectivity index (χ0) is 18.1. The van der Waals surface area contributed by atoms with Gasteiger partial charge in [0.25, 0.3) is 0 Å². The Morgan fingerprint density at radius 1 is 1.12 bits per heavy atom. The summed E-state index contributed by atoms with van der Waals surface area (Å²) in [7, 11) is -3.11. The van der Waals surface area contributed by atoms with Gasteiger partial charge in [-0.3, -0.25) is 0 Å². The summed E-state index contributed by atoms with van der Waals surface area (Å²) in [4.78, 5) is 0. The van der Waals surface area contributed by atoms with E-state index in [0.29, 0.717) is 6.61 Å². The summed E-state index contributed by atoms with van der Waals surface area (Å²) in [5, 5.41) is 4.81. The predicted octanol–water partition coefficient (Wildman–Crippen LogP) is 5.46. The number of benzene rings is 1. The van der Waals surface area contributed by atoms with Crippen LogP contribution in [0.25, 0.3) is 0 Å². The number of allylic oxidation sites excluding steroid dienone is 4. The Balaban J connectivity index is 2.63. The molecule has 1 nitrogen and oxygen atoms in total. The fourth-order valence-electron chi connectivity index (χ4n) is 3.71. The van der Waals surface area contributed by atoms with Gasteiger partial charge in [0.1, 0.15) is 20.4 Å². The lowest BCUT2D eigenvalue weighted by Crippen LogP contribution is -2.46. The highest BCUT2D eigenvalue weighted by molar-refractivity contribution is 6.98. The van der Waals surface area contributed by atoms with Crippen LogP contribution in [-0.2, 0) is 0 Å². The van der Waals surface area contributed by atoms with Crippen molar-refractivity contribution in [1.29, 1.82) is 0 Å². The van der Waals surface area contributed by atoms with Crippen LogP contribution in [0.15, 0.2) is 47.3 Å². The van der Waals surface area contributed by atoms with Crippen LogP contribution < -0.4 is 9.92 Å². The molecule has 0 aliphatic heterocycles. The van der Waals surface area contributed by atoms with Gasteiger partial charge in [0, 0.05) is 0 Å². The SMILES string of the molecule is C=CCOc1c(C)cc(C)cc1[Si](C)(C)C1=C([Si](C)(C)C)C=CC1. The quantitative estimate of drug-likeness (QED) is 0.486. The van der Waals surface area contributed by atoms with Crippen molar-refractivity contribution in [1.82, 2.24) is 0 Å². The molecule has 24 heavy (non-hydrogen) atoms. The maximum Gasteiger partial charge on any atom is 0.122 e. The highest BCUT2D eigenvalue weighted by Gasteiger charge is 2.37. The number of ether oxygens (including phenoxy) is 1. The van der Waals surface area contributed by atoms with E-state index in [2.05, 4.69) is 77.4 Å². The third-order valence-corrected chi connectivity index (χ3v) is 11.0. The molecule has 0 bridgehead atoms. The zero-order valence-electron chi connectivity index (χ0n) is 16.4. The summed E-state index contributed by atoms with van der Waals surface area (Å²) in [6.07, 6.45) is 7.72. The van der Waals surface area contributed by atoms with Crippen molar-refractivity contribution in [2.45, 2.75) is 53.0 Å². The van der Waals surface area contributed by atoms with E-state index in [9.17, 15) is 0 Å². The third kappa shape index (κ3) is 3.67. The molecule has 0 amide bonds. The topological polar surface area (TPSA) is 9.23 Å². The van der Waals surface area contributed by atoms with Crippen molar-refractivity contribution in [2.24, 2.45) is 0 Å². The van der Waals surface area contributed by atoms with E-state index in [1.54, 1.807) is 10.4 Å². The maximum atomic E-state index is 6.12. The summed E-state index contributed by atoms with van der Waals surface area (Å²) in [5.74, 6) is 1.09. The number of hydrogen-bond donors (Lipinski definition) is 0. The molecular weight excluding hydrogens is 324 g/mol. The second kappa shape index (κ2) is 6.89. The lowest BCUT2D eigenvalue weighted by atomic mass is 10.1. The van der Waals surface area contributed by atoms with Crippen LogP contribution in [0.2, 0.25) is 32.7 Å². The van der Waals surface area contributed by atoms with Crippen LogP contribution >= 0.6 is 0 Å². The third-order valence-electron chi connectivity index (χ3n) is 4.93. The van der Waals surface area contributed by atoms with Crippen LogP contribution in [0.4, 0.5) is 0 Å². The van der Waals surface area contributed by atoms with Gasteiger partial charge in [-0.2, -0.15) is 0 Å². The minimum Gasteiger partial charge on any atom is -0.489 e. The molecule has 0 heterocycles. The molecule has 1 aliphatic carbocycles. The Morgan fingerprint density at radius 2 is 1.79 bits per heavy atom. The van der Waals surface area contributed by atoms with Crippen molar-refractivity contribution < 1.29 is 4.74 Å². The highest BCUT2D eigenvalue weighted by atomic mass is 28.3. The van der Waals surface area contributed by atoms with Crippen LogP contribution in [0, 0.1) is 13.8 Å². The molecule has 0 radical (unpaired) electrons. The van der Waals surface area contributed by atoms with E-state index < -0.39 is 16.1 Å². The molecule has 2 rings (SSSR count). The fourth-order valence-corrected chi connectivity index (χ4v) is 10.5. The normalized spacial score (nSPS) is 15.1. The molecule has 130 valence electrons. The Kier molecular flexibility index (Phi) is 5.45. The van der Waals surface area contributed by atoms with Gasteiger partial charge in [-0.25, -0.2) is 0 Å². The van der Waals surface area contributed by atoms with Gasteiger partial charge in [-0.1, -0.05) is 85.6 Å². The largest absolute Gasteiger partial charge is 0.489 e. The van der Waals surface area contributed by atoms with Crippen LogP contribution in [-0.4, -0.2) is 22.8 Å². The first kappa shape index (κ1) is 19.0. The predicted molar refractivity (Wildman–Crippen MR) is 113 cm³/mol. The Morgan fingerprint density at radius 3 is 2.38 bits per heavy atom. The van der Waals surface area contributed by atoms with E-state index in [1.807, 2.05) is 6.08 Å². The average molecular weight is 357 g/mol. The van der Waals surface area contributed by atoms with Crippen molar-refractivity contribution in [3.05, 3.63) is 58.5 Å². The number of aryl methyl sites for hydroxylation is 2. The van der Waals surface area contributed by atoms with Gasteiger partial charge in [-0.15, -0.1) is 0 Å². The van der Waals surface area contributed by atoms with Gasteiger partial charge in [-0.05, 0) is 31.0 Å². The molecule has 0 fully saturated rings. The van der Waals surface area contributed by atoms with Crippen LogP contribution in [0.3, 0.4) is 0 Å². The summed E-state index contributed by atoms with van der Waals surface area (Å²) in [6, 6.07) is 4.60. The van der Waals surface area contributed by atoms with Crippen molar-refractivity contribution in [3.8, 4) is 5.75 Å². The number of hydrogen-bond acceptors (Lipinski definition) is 1. The minimum absolute atomic E-state index is 0.569. The zero-order valence-corrected chi connectivity index (χ0v) is 18.4. The Labute approximate surface area is 150 Å². The van der Waals surface area contributed by atoms with Gasteiger partial charge < -0.3 is 4.74 Å².